The van der Waals surface area contributed by atoms with Crippen LogP contribution in [0, 0.1) is 0 Å². The van der Waals surface area contributed by atoms with Crippen LogP contribution in [0.15, 0.2) is 24.3 Å². The van der Waals surface area contributed by atoms with E-state index in [1.54, 1.807) is 0 Å². The van der Waals surface area contributed by atoms with Crippen molar-refractivity contribution in [1.82, 2.24) is 15.5 Å². The molecule has 0 radical (unpaired) electrons. The molecule has 1 saturated heterocycles. The van der Waals surface area contributed by atoms with Crippen molar-refractivity contribution in [3.63, 3.8) is 0 Å². The molecule has 1 aromatic rings. The van der Waals surface area contributed by atoms with Crippen LogP contribution in [0.3, 0.4) is 0 Å². The lowest BCUT2D eigenvalue weighted by Gasteiger charge is -2.12. The number of nitrogens with zero attached hydrogens (tertiary/aromatic N) is 1. The molecule has 1 aliphatic rings. The van der Waals surface area contributed by atoms with Gasteiger partial charge < -0.3 is 10.6 Å². The molecule has 2 rings (SSSR count). The van der Waals surface area contributed by atoms with Gasteiger partial charge in [0.25, 0.3) is 0 Å². The molecule has 124 valence electrons. The van der Waals surface area contributed by atoms with E-state index in [0.717, 1.165) is 10.5 Å². The summed E-state index contributed by atoms with van der Waals surface area (Å²) in [6.45, 7) is 4.82. The topological polar surface area (TPSA) is 78.5 Å². The number of benzene rings is 1. The molecule has 0 unspecified atom stereocenters. The van der Waals surface area contributed by atoms with E-state index in [-0.39, 0.29) is 31.4 Å². The molecule has 1 heterocycles. The van der Waals surface area contributed by atoms with Crippen LogP contribution in [0.4, 0.5) is 4.79 Å². The van der Waals surface area contributed by atoms with Crippen LogP contribution in [0.25, 0.3) is 0 Å². The molecule has 23 heavy (non-hydrogen) atoms. The van der Waals surface area contributed by atoms with Crippen LogP contribution in [0.5, 0.6) is 0 Å². The van der Waals surface area contributed by atoms with Crippen LogP contribution >= 0.6 is 0 Å². The van der Waals surface area contributed by atoms with Crippen molar-refractivity contribution >= 4 is 17.8 Å². The second kappa shape index (κ2) is 7.76. The summed E-state index contributed by atoms with van der Waals surface area (Å²) in [5.74, 6) is 0.164. The predicted molar refractivity (Wildman–Crippen MR) is 87.0 cm³/mol. The Hall–Kier alpha value is -2.37. The maximum Gasteiger partial charge on any atom is 0.324 e. The second-order valence-corrected chi connectivity index (χ2v) is 5.95. The Morgan fingerprint density at radius 1 is 1.26 bits per heavy atom. The quantitative estimate of drug-likeness (QED) is 0.746. The number of nitrogens with one attached hydrogen (secondary N) is 2. The Morgan fingerprint density at radius 2 is 1.96 bits per heavy atom. The monoisotopic (exact) mass is 317 g/mol. The Bertz CT molecular complexity index is 565. The predicted octanol–water partition coefficient (Wildman–Crippen LogP) is 1.41. The van der Waals surface area contributed by atoms with Crippen molar-refractivity contribution in [1.29, 1.82) is 0 Å². The Labute approximate surface area is 136 Å². The molecule has 2 N–H and O–H groups in total. The average molecular weight is 317 g/mol. The number of urea groups is 1. The van der Waals surface area contributed by atoms with E-state index >= 15 is 0 Å². The maximum absolute atomic E-state index is 11.8. The summed E-state index contributed by atoms with van der Waals surface area (Å²) in [5, 5.41) is 5.18. The summed E-state index contributed by atoms with van der Waals surface area (Å²) < 4.78 is 0. The number of carbonyl (C=O) groups is 3. The smallest absolute Gasteiger partial charge is 0.324 e. The molecule has 6 nitrogen and oxygen atoms in total. The summed E-state index contributed by atoms with van der Waals surface area (Å²) in [7, 11) is 0. The van der Waals surface area contributed by atoms with Crippen molar-refractivity contribution in [3.05, 3.63) is 35.4 Å². The van der Waals surface area contributed by atoms with Gasteiger partial charge in [0.2, 0.25) is 11.8 Å². The van der Waals surface area contributed by atoms with Crippen LogP contribution in [-0.4, -0.2) is 42.4 Å². The van der Waals surface area contributed by atoms with Crippen molar-refractivity contribution in [2.75, 3.05) is 19.6 Å². The van der Waals surface area contributed by atoms with Crippen LogP contribution < -0.4 is 10.6 Å². The Balaban J connectivity index is 1.69. The number of carbonyl (C=O) groups excluding carboxylic acids is 3. The number of amides is 4. The van der Waals surface area contributed by atoms with E-state index in [1.807, 2.05) is 0 Å². The zero-order valence-corrected chi connectivity index (χ0v) is 13.6. The molecule has 0 aliphatic carbocycles. The van der Waals surface area contributed by atoms with Gasteiger partial charge in [0.1, 0.15) is 0 Å². The van der Waals surface area contributed by atoms with Crippen molar-refractivity contribution in [2.45, 2.75) is 32.6 Å². The van der Waals surface area contributed by atoms with E-state index < -0.39 is 6.03 Å². The second-order valence-electron chi connectivity index (χ2n) is 5.95. The molecule has 6 heteroatoms. The van der Waals surface area contributed by atoms with Gasteiger partial charge in [-0.1, -0.05) is 38.1 Å². The SMILES string of the molecule is CC(C)c1ccc(CCC(=O)NCCN2C(=O)CNC2=O)cc1. The van der Waals surface area contributed by atoms with Gasteiger partial charge in [0.15, 0.2) is 0 Å². The minimum absolute atomic E-state index is 0.0408. The Morgan fingerprint density at radius 3 is 2.52 bits per heavy atom. The molecule has 4 amide bonds. The van der Waals surface area contributed by atoms with E-state index in [4.69, 9.17) is 0 Å². The highest BCUT2D eigenvalue weighted by Crippen LogP contribution is 2.15. The average Bonchev–Trinajstić information content (AvgIpc) is 2.85. The normalized spacial score (nSPS) is 14.3. The van der Waals surface area contributed by atoms with Crippen molar-refractivity contribution in [3.8, 4) is 0 Å². The molecular weight excluding hydrogens is 294 g/mol. The molecule has 1 fully saturated rings. The first-order chi connectivity index (χ1) is 11.0. The van der Waals surface area contributed by atoms with E-state index in [1.165, 1.54) is 5.56 Å². The molecule has 0 aromatic heterocycles. The lowest BCUT2D eigenvalue weighted by molar-refractivity contribution is -0.126. The van der Waals surface area contributed by atoms with Crippen LogP contribution in [-0.2, 0) is 16.0 Å². The lowest BCUT2D eigenvalue weighted by Crippen LogP contribution is -2.38. The van der Waals surface area contributed by atoms with Gasteiger partial charge in [0, 0.05) is 19.5 Å². The summed E-state index contributed by atoms with van der Waals surface area (Å²) in [6.07, 6.45) is 1.06. The number of imide groups is 1. The minimum atomic E-state index is -0.394. The molecule has 0 atom stereocenters. The summed E-state index contributed by atoms with van der Waals surface area (Å²) in [6, 6.07) is 7.89. The summed E-state index contributed by atoms with van der Waals surface area (Å²) in [5.41, 5.74) is 2.41. The number of hydrogen-bond acceptors (Lipinski definition) is 3. The molecule has 0 spiro atoms. The van der Waals surface area contributed by atoms with Gasteiger partial charge in [-0.3, -0.25) is 14.5 Å². The lowest BCUT2D eigenvalue weighted by atomic mass is 10.0. The fraction of sp³-hybridized carbons (Fsp3) is 0.471. The van der Waals surface area contributed by atoms with Gasteiger partial charge >= 0.3 is 6.03 Å². The molecule has 0 bridgehead atoms. The third-order valence-electron chi connectivity index (χ3n) is 3.88. The molecular formula is C17H23N3O3. The highest BCUT2D eigenvalue weighted by atomic mass is 16.2. The third kappa shape index (κ3) is 4.81. The zero-order chi connectivity index (χ0) is 16.8. The minimum Gasteiger partial charge on any atom is -0.354 e. The largest absolute Gasteiger partial charge is 0.354 e. The van der Waals surface area contributed by atoms with Gasteiger partial charge in [-0.25, -0.2) is 4.79 Å². The summed E-state index contributed by atoms with van der Waals surface area (Å²) in [4.78, 5) is 35.6. The van der Waals surface area contributed by atoms with Gasteiger partial charge in [-0.15, -0.1) is 0 Å². The van der Waals surface area contributed by atoms with Gasteiger partial charge in [0.05, 0.1) is 6.54 Å². The first-order valence-corrected chi connectivity index (χ1v) is 7.91. The molecule has 1 aromatic carbocycles. The fourth-order valence-electron chi connectivity index (χ4n) is 2.40. The van der Waals surface area contributed by atoms with Gasteiger partial charge in [-0.2, -0.15) is 0 Å². The number of rotatable bonds is 7. The van der Waals surface area contributed by atoms with E-state index in [9.17, 15) is 14.4 Å². The zero-order valence-electron chi connectivity index (χ0n) is 13.6. The van der Waals surface area contributed by atoms with E-state index in [2.05, 4.69) is 48.7 Å². The van der Waals surface area contributed by atoms with Crippen molar-refractivity contribution in [2.24, 2.45) is 0 Å². The fourth-order valence-corrected chi connectivity index (χ4v) is 2.40. The van der Waals surface area contributed by atoms with Crippen LogP contribution in [0.1, 0.15) is 37.3 Å². The standard InChI is InChI=1S/C17H23N3O3/c1-12(2)14-6-3-13(4-7-14)5-8-15(21)18-9-10-20-16(22)11-19-17(20)23/h3-4,6-7,12H,5,8-11H2,1-2H3,(H,18,21)(H,19,23). The first-order valence-electron chi connectivity index (χ1n) is 7.91. The van der Waals surface area contributed by atoms with E-state index in [0.29, 0.717) is 18.8 Å². The van der Waals surface area contributed by atoms with Crippen LogP contribution in [0.2, 0.25) is 0 Å². The Kier molecular flexibility index (Phi) is 5.73. The highest BCUT2D eigenvalue weighted by molar-refractivity contribution is 6.01. The first kappa shape index (κ1) is 17.0. The summed E-state index contributed by atoms with van der Waals surface area (Å²) >= 11 is 0. The molecule has 0 saturated carbocycles. The highest BCUT2D eigenvalue weighted by Gasteiger charge is 2.27. The number of hydrogen-bond donors (Lipinski definition) is 2. The van der Waals surface area contributed by atoms with Crippen molar-refractivity contribution < 1.29 is 14.4 Å². The maximum atomic E-state index is 11.8. The third-order valence-corrected chi connectivity index (χ3v) is 3.88. The van der Waals surface area contributed by atoms with Gasteiger partial charge in [-0.05, 0) is 23.5 Å². The number of aryl methyl sites for hydroxylation is 1. The molecule has 1 aliphatic heterocycles.